The first kappa shape index (κ1) is 22.1. The van der Waals surface area contributed by atoms with E-state index < -0.39 is 0 Å². The fourth-order valence-electron chi connectivity index (χ4n) is 5.25. The van der Waals surface area contributed by atoms with Gasteiger partial charge in [-0.25, -0.2) is 0 Å². The first-order valence-corrected chi connectivity index (χ1v) is 12.4. The molecule has 6 heteroatoms. The number of guanidine groups is 1. The number of piperidine rings is 1. The molecular formula is C25H39N5O. The van der Waals surface area contributed by atoms with Gasteiger partial charge in [-0.3, -0.25) is 9.79 Å². The summed E-state index contributed by atoms with van der Waals surface area (Å²) in [6.45, 7) is 10.5. The topological polar surface area (TPSA) is 51.2 Å². The summed E-state index contributed by atoms with van der Waals surface area (Å²) >= 11 is 0. The minimum absolute atomic E-state index is 0.230. The lowest BCUT2D eigenvalue weighted by molar-refractivity contribution is -0.118. The first-order valence-electron chi connectivity index (χ1n) is 12.4. The van der Waals surface area contributed by atoms with Gasteiger partial charge in [0.1, 0.15) is 0 Å². The highest BCUT2D eigenvalue weighted by Gasteiger charge is 2.27. The van der Waals surface area contributed by atoms with Crippen LogP contribution in [0.1, 0.15) is 51.0 Å². The number of aliphatic imine (C=N–C) groups is 1. The Morgan fingerprint density at radius 2 is 1.97 bits per heavy atom. The lowest BCUT2D eigenvalue weighted by Gasteiger charge is -2.29. The summed E-state index contributed by atoms with van der Waals surface area (Å²) in [5.74, 6) is 2.01. The van der Waals surface area contributed by atoms with Gasteiger partial charge in [0.25, 0.3) is 0 Å². The zero-order valence-electron chi connectivity index (χ0n) is 19.2. The SMILES string of the molecule is CCNC(=NCCCC(=O)N1CCc2ccccc21)N1CCC(CN2CCCCC2)C1. The average molecular weight is 426 g/mol. The molecule has 1 atom stereocenters. The molecule has 1 unspecified atom stereocenters. The summed E-state index contributed by atoms with van der Waals surface area (Å²) < 4.78 is 0. The number of amides is 1. The number of rotatable bonds is 7. The van der Waals surface area contributed by atoms with Crippen LogP contribution in [-0.2, 0) is 11.2 Å². The maximum Gasteiger partial charge on any atom is 0.227 e. The predicted octanol–water partition coefficient (Wildman–Crippen LogP) is 3.13. The molecule has 1 aromatic carbocycles. The van der Waals surface area contributed by atoms with Crippen molar-refractivity contribution in [3.63, 3.8) is 0 Å². The summed E-state index contributed by atoms with van der Waals surface area (Å²) in [6, 6.07) is 8.27. The number of nitrogens with zero attached hydrogens (tertiary/aromatic N) is 4. The summed E-state index contributed by atoms with van der Waals surface area (Å²) in [5.41, 5.74) is 2.39. The molecule has 170 valence electrons. The van der Waals surface area contributed by atoms with Gasteiger partial charge in [0.2, 0.25) is 5.91 Å². The first-order chi connectivity index (χ1) is 15.2. The minimum Gasteiger partial charge on any atom is -0.357 e. The molecule has 3 aliphatic heterocycles. The second-order valence-corrected chi connectivity index (χ2v) is 9.23. The van der Waals surface area contributed by atoms with Gasteiger partial charge in [0.05, 0.1) is 0 Å². The number of likely N-dealkylation sites (tertiary alicyclic amines) is 2. The quantitative estimate of drug-likeness (QED) is 0.414. The third kappa shape index (κ3) is 5.79. The Morgan fingerprint density at radius 3 is 2.81 bits per heavy atom. The van der Waals surface area contributed by atoms with E-state index in [0.29, 0.717) is 13.0 Å². The summed E-state index contributed by atoms with van der Waals surface area (Å²) in [6.07, 6.45) is 7.72. The molecule has 0 aliphatic carbocycles. The van der Waals surface area contributed by atoms with Gasteiger partial charge < -0.3 is 20.0 Å². The Hall–Kier alpha value is -2.08. The standard InChI is InChI=1S/C25H39N5O/c1-2-26-25(29-17-12-21(20-29)19-28-15-6-3-7-16-28)27-14-8-11-24(31)30-18-13-22-9-4-5-10-23(22)30/h4-5,9-10,21H,2-3,6-8,11-20H2,1H3,(H,26,27). The molecule has 0 bridgehead atoms. The van der Waals surface area contributed by atoms with Crippen LogP contribution in [0, 0.1) is 5.92 Å². The minimum atomic E-state index is 0.230. The van der Waals surface area contributed by atoms with Crippen LogP contribution in [0.5, 0.6) is 0 Å². The van der Waals surface area contributed by atoms with Crippen molar-refractivity contribution in [3.05, 3.63) is 29.8 Å². The van der Waals surface area contributed by atoms with Crippen molar-refractivity contribution in [2.75, 3.05) is 57.3 Å². The Balaban J connectivity index is 1.23. The van der Waals surface area contributed by atoms with Gasteiger partial charge in [-0.1, -0.05) is 24.6 Å². The van der Waals surface area contributed by atoms with Crippen LogP contribution in [-0.4, -0.2) is 74.0 Å². The number of para-hydroxylation sites is 1. The van der Waals surface area contributed by atoms with Gasteiger partial charge in [0.15, 0.2) is 5.96 Å². The smallest absolute Gasteiger partial charge is 0.227 e. The predicted molar refractivity (Wildman–Crippen MR) is 128 cm³/mol. The number of hydrogen-bond donors (Lipinski definition) is 1. The molecule has 1 N–H and O–H groups in total. The normalized spacial score (nSPS) is 22.1. The number of benzene rings is 1. The van der Waals surface area contributed by atoms with E-state index in [-0.39, 0.29) is 5.91 Å². The molecule has 0 saturated carbocycles. The van der Waals surface area contributed by atoms with E-state index in [0.717, 1.165) is 56.6 Å². The number of carbonyl (C=O) groups excluding carboxylic acids is 1. The van der Waals surface area contributed by atoms with Crippen LogP contribution in [0.2, 0.25) is 0 Å². The van der Waals surface area contributed by atoms with Gasteiger partial charge in [0, 0.05) is 51.4 Å². The maximum absolute atomic E-state index is 12.7. The number of anilines is 1. The van der Waals surface area contributed by atoms with Crippen molar-refractivity contribution in [1.82, 2.24) is 15.1 Å². The van der Waals surface area contributed by atoms with Gasteiger partial charge >= 0.3 is 0 Å². The molecule has 0 aromatic heterocycles. The fourth-order valence-corrected chi connectivity index (χ4v) is 5.25. The monoisotopic (exact) mass is 425 g/mol. The highest BCUT2D eigenvalue weighted by atomic mass is 16.2. The average Bonchev–Trinajstić information content (AvgIpc) is 3.44. The zero-order chi connectivity index (χ0) is 21.5. The van der Waals surface area contributed by atoms with Crippen molar-refractivity contribution >= 4 is 17.6 Å². The molecule has 2 fully saturated rings. The fraction of sp³-hybridized carbons (Fsp3) is 0.680. The van der Waals surface area contributed by atoms with E-state index in [1.807, 2.05) is 11.0 Å². The van der Waals surface area contributed by atoms with Crippen LogP contribution < -0.4 is 10.2 Å². The molecule has 3 aliphatic rings. The van der Waals surface area contributed by atoms with E-state index in [2.05, 4.69) is 40.2 Å². The highest BCUT2D eigenvalue weighted by molar-refractivity contribution is 5.95. The van der Waals surface area contributed by atoms with Crippen molar-refractivity contribution in [3.8, 4) is 0 Å². The summed E-state index contributed by atoms with van der Waals surface area (Å²) in [7, 11) is 0. The van der Waals surface area contributed by atoms with Crippen molar-refractivity contribution in [1.29, 1.82) is 0 Å². The molecule has 6 nitrogen and oxygen atoms in total. The van der Waals surface area contributed by atoms with E-state index >= 15 is 0 Å². The van der Waals surface area contributed by atoms with Crippen LogP contribution in [0.15, 0.2) is 29.3 Å². The number of fused-ring (bicyclic) bond motifs is 1. The second kappa shape index (κ2) is 11.0. The van der Waals surface area contributed by atoms with Gasteiger partial charge in [-0.2, -0.15) is 0 Å². The van der Waals surface area contributed by atoms with Crippen molar-refractivity contribution in [2.45, 2.75) is 51.9 Å². The second-order valence-electron chi connectivity index (χ2n) is 9.23. The van der Waals surface area contributed by atoms with Gasteiger partial charge in [-0.05, 0) is 69.7 Å². The van der Waals surface area contributed by atoms with E-state index in [1.165, 1.54) is 50.9 Å². The lowest BCUT2D eigenvalue weighted by Crippen LogP contribution is -2.41. The largest absolute Gasteiger partial charge is 0.357 e. The molecule has 1 aromatic rings. The third-order valence-electron chi connectivity index (χ3n) is 6.88. The van der Waals surface area contributed by atoms with Crippen LogP contribution in [0.4, 0.5) is 5.69 Å². The number of hydrogen-bond acceptors (Lipinski definition) is 3. The van der Waals surface area contributed by atoms with E-state index in [9.17, 15) is 4.79 Å². The number of carbonyl (C=O) groups is 1. The number of nitrogens with one attached hydrogen (secondary N) is 1. The van der Waals surface area contributed by atoms with E-state index in [1.54, 1.807) is 0 Å². The molecule has 31 heavy (non-hydrogen) atoms. The van der Waals surface area contributed by atoms with Crippen LogP contribution in [0.25, 0.3) is 0 Å². The molecule has 4 rings (SSSR count). The van der Waals surface area contributed by atoms with Gasteiger partial charge in [-0.15, -0.1) is 0 Å². The lowest BCUT2D eigenvalue weighted by atomic mass is 10.1. The van der Waals surface area contributed by atoms with Crippen LogP contribution >= 0.6 is 0 Å². The third-order valence-corrected chi connectivity index (χ3v) is 6.88. The Kier molecular flexibility index (Phi) is 7.84. The summed E-state index contributed by atoms with van der Waals surface area (Å²) in [4.78, 5) is 24.6. The maximum atomic E-state index is 12.7. The molecule has 3 heterocycles. The molecule has 0 radical (unpaired) electrons. The molecule has 1 amide bonds. The summed E-state index contributed by atoms with van der Waals surface area (Å²) in [5, 5.41) is 3.47. The van der Waals surface area contributed by atoms with E-state index in [4.69, 9.17) is 4.99 Å². The Bertz CT molecular complexity index is 758. The van der Waals surface area contributed by atoms with Crippen LogP contribution in [0.3, 0.4) is 0 Å². The molecule has 0 spiro atoms. The Labute approximate surface area is 187 Å². The molecule has 2 saturated heterocycles. The van der Waals surface area contributed by atoms with Crippen molar-refractivity contribution in [2.24, 2.45) is 10.9 Å². The van der Waals surface area contributed by atoms with Crippen molar-refractivity contribution < 1.29 is 4.79 Å². The zero-order valence-corrected chi connectivity index (χ0v) is 19.2. The molecular weight excluding hydrogens is 386 g/mol. The Morgan fingerprint density at radius 1 is 1.13 bits per heavy atom. The highest BCUT2D eigenvalue weighted by Crippen LogP contribution is 2.28.